The van der Waals surface area contributed by atoms with Crippen LogP contribution in [0.15, 0.2) is 36.4 Å². The van der Waals surface area contributed by atoms with Gasteiger partial charge in [0, 0.05) is 11.1 Å². The van der Waals surface area contributed by atoms with Crippen LogP contribution in [-0.2, 0) is 16.0 Å². The molecule has 1 aliphatic heterocycles. The first-order valence-electron chi connectivity index (χ1n) is 6.82. The van der Waals surface area contributed by atoms with Crippen LogP contribution in [0.3, 0.4) is 0 Å². The van der Waals surface area contributed by atoms with Crippen LogP contribution in [0.25, 0.3) is 0 Å². The van der Waals surface area contributed by atoms with Gasteiger partial charge in [0.2, 0.25) is 0 Å². The fraction of sp³-hybridized carbons (Fsp3) is 0.235. The lowest BCUT2D eigenvalue weighted by Gasteiger charge is -2.27. The summed E-state index contributed by atoms with van der Waals surface area (Å²) in [5, 5.41) is 0. The summed E-state index contributed by atoms with van der Waals surface area (Å²) in [4.78, 5) is 11.9. The van der Waals surface area contributed by atoms with E-state index in [1.165, 1.54) is 20.3 Å². The number of carbonyl (C=O) groups excluding carboxylic acids is 1. The molecule has 1 atom stereocenters. The van der Waals surface area contributed by atoms with Crippen LogP contribution in [0, 0.1) is 5.82 Å². The molecule has 0 saturated carbocycles. The van der Waals surface area contributed by atoms with Gasteiger partial charge in [-0.05, 0) is 23.8 Å². The predicted octanol–water partition coefficient (Wildman–Crippen LogP) is 3.03. The van der Waals surface area contributed by atoms with E-state index in [4.69, 9.17) is 14.2 Å². The Morgan fingerprint density at radius 2 is 1.77 bits per heavy atom. The lowest BCUT2D eigenvalue weighted by Crippen LogP contribution is -2.23. The van der Waals surface area contributed by atoms with Gasteiger partial charge in [0.25, 0.3) is 0 Å². The molecule has 0 radical (unpaired) electrons. The summed E-state index contributed by atoms with van der Waals surface area (Å²) >= 11 is 0. The summed E-state index contributed by atoms with van der Waals surface area (Å²) in [7, 11) is 3.05. The minimum atomic E-state index is -0.780. The van der Waals surface area contributed by atoms with Gasteiger partial charge in [-0.15, -0.1) is 0 Å². The molecular formula is C17H15FO4. The van der Waals surface area contributed by atoms with Crippen molar-refractivity contribution >= 4 is 5.97 Å². The summed E-state index contributed by atoms with van der Waals surface area (Å²) in [6.45, 7) is 0. The average molecular weight is 302 g/mol. The zero-order valence-electron chi connectivity index (χ0n) is 12.3. The Morgan fingerprint density at radius 1 is 1.09 bits per heavy atom. The molecule has 0 fully saturated rings. The number of cyclic esters (lactones) is 1. The highest BCUT2D eigenvalue weighted by Crippen LogP contribution is 2.40. The molecule has 0 saturated heterocycles. The molecule has 4 nitrogen and oxygen atoms in total. The summed E-state index contributed by atoms with van der Waals surface area (Å²) < 4.78 is 30.0. The van der Waals surface area contributed by atoms with E-state index < -0.39 is 17.9 Å². The van der Waals surface area contributed by atoms with Crippen molar-refractivity contribution in [3.8, 4) is 11.5 Å². The Balaban J connectivity index is 2.16. The molecule has 0 aromatic heterocycles. The third-order valence-corrected chi connectivity index (χ3v) is 3.70. The monoisotopic (exact) mass is 302 g/mol. The number of rotatable bonds is 3. The number of esters is 1. The lowest BCUT2D eigenvalue weighted by atomic mass is 9.92. The highest BCUT2D eigenvalue weighted by atomic mass is 19.1. The molecule has 5 heteroatoms. The Labute approximate surface area is 127 Å². The quantitative estimate of drug-likeness (QED) is 0.818. The molecule has 3 rings (SSSR count). The van der Waals surface area contributed by atoms with Gasteiger partial charge >= 0.3 is 5.97 Å². The molecule has 1 heterocycles. The van der Waals surface area contributed by atoms with E-state index in [9.17, 15) is 9.18 Å². The van der Waals surface area contributed by atoms with Crippen molar-refractivity contribution in [2.24, 2.45) is 0 Å². The second kappa shape index (κ2) is 5.67. The molecule has 2 aromatic rings. The molecule has 22 heavy (non-hydrogen) atoms. The van der Waals surface area contributed by atoms with E-state index in [0.29, 0.717) is 22.6 Å². The zero-order chi connectivity index (χ0) is 15.7. The molecule has 0 N–H and O–H groups in total. The van der Waals surface area contributed by atoms with Gasteiger partial charge in [0.15, 0.2) is 17.6 Å². The summed E-state index contributed by atoms with van der Waals surface area (Å²) in [5.74, 6) is 0.236. The number of carbonyl (C=O) groups is 1. The minimum Gasteiger partial charge on any atom is -0.493 e. The molecule has 2 aromatic carbocycles. The van der Waals surface area contributed by atoms with Gasteiger partial charge < -0.3 is 14.2 Å². The van der Waals surface area contributed by atoms with Crippen LogP contribution < -0.4 is 9.47 Å². The third kappa shape index (κ3) is 2.39. The van der Waals surface area contributed by atoms with E-state index in [1.807, 2.05) is 0 Å². The number of benzene rings is 2. The van der Waals surface area contributed by atoms with Crippen molar-refractivity contribution in [1.82, 2.24) is 0 Å². The van der Waals surface area contributed by atoms with E-state index in [2.05, 4.69) is 0 Å². The SMILES string of the molecule is COc1cc2c(cc1OC)[C@@H](c1ccccc1F)OC(=O)C2. The first-order valence-corrected chi connectivity index (χ1v) is 6.82. The van der Waals surface area contributed by atoms with Crippen molar-refractivity contribution in [2.75, 3.05) is 14.2 Å². The second-order valence-electron chi connectivity index (χ2n) is 4.97. The Bertz CT molecular complexity index is 727. The predicted molar refractivity (Wildman–Crippen MR) is 77.6 cm³/mol. The van der Waals surface area contributed by atoms with Crippen LogP contribution in [0.1, 0.15) is 22.8 Å². The maximum Gasteiger partial charge on any atom is 0.311 e. The molecule has 0 aliphatic carbocycles. The maximum absolute atomic E-state index is 14.1. The van der Waals surface area contributed by atoms with Crippen molar-refractivity contribution < 1.29 is 23.4 Å². The van der Waals surface area contributed by atoms with Crippen LogP contribution in [0.5, 0.6) is 11.5 Å². The van der Waals surface area contributed by atoms with Gasteiger partial charge in [0.1, 0.15) is 5.82 Å². The molecule has 114 valence electrons. The van der Waals surface area contributed by atoms with Crippen molar-refractivity contribution in [3.05, 3.63) is 58.9 Å². The molecule has 0 bridgehead atoms. The standard InChI is InChI=1S/C17H15FO4/c1-20-14-7-10-8-16(19)22-17(12(10)9-15(14)21-2)11-5-3-4-6-13(11)18/h3-7,9,17H,8H2,1-2H3/t17-/m1/s1. The number of methoxy groups -OCH3 is 2. The molecular weight excluding hydrogens is 287 g/mol. The van der Waals surface area contributed by atoms with Gasteiger partial charge in [-0.25, -0.2) is 4.39 Å². The largest absolute Gasteiger partial charge is 0.493 e. The van der Waals surface area contributed by atoms with Gasteiger partial charge in [-0.1, -0.05) is 18.2 Å². The summed E-state index contributed by atoms with van der Waals surface area (Å²) in [6.07, 6.45) is -0.655. The number of ether oxygens (including phenoxy) is 3. The highest BCUT2D eigenvalue weighted by molar-refractivity contribution is 5.77. The highest BCUT2D eigenvalue weighted by Gasteiger charge is 2.31. The third-order valence-electron chi connectivity index (χ3n) is 3.70. The normalized spacial score (nSPS) is 16.7. The van der Waals surface area contributed by atoms with Crippen LogP contribution in [-0.4, -0.2) is 20.2 Å². The molecule has 0 amide bonds. The smallest absolute Gasteiger partial charge is 0.311 e. The van der Waals surface area contributed by atoms with E-state index in [0.717, 1.165) is 5.56 Å². The zero-order valence-corrected chi connectivity index (χ0v) is 12.3. The van der Waals surface area contributed by atoms with Gasteiger partial charge in [-0.3, -0.25) is 4.79 Å². The number of hydrogen-bond donors (Lipinski definition) is 0. The Hall–Kier alpha value is -2.56. The van der Waals surface area contributed by atoms with E-state index in [1.54, 1.807) is 30.3 Å². The first kappa shape index (κ1) is 14.4. The number of fused-ring (bicyclic) bond motifs is 1. The molecule has 0 unspecified atom stereocenters. The number of hydrogen-bond acceptors (Lipinski definition) is 4. The van der Waals surface area contributed by atoms with Crippen molar-refractivity contribution in [3.63, 3.8) is 0 Å². The number of halogens is 1. The van der Waals surface area contributed by atoms with Gasteiger partial charge in [-0.2, -0.15) is 0 Å². The van der Waals surface area contributed by atoms with Gasteiger partial charge in [0.05, 0.1) is 20.6 Å². The Kier molecular flexibility index (Phi) is 3.71. The fourth-order valence-corrected chi connectivity index (χ4v) is 2.64. The second-order valence-corrected chi connectivity index (χ2v) is 4.97. The van der Waals surface area contributed by atoms with Crippen LogP contribution >= 0.6 is 0 Å². The lowest BCUT2D eigenvalue weighted by molar-refractivity contribution is -0.148. The summed E-state index contributed by atoms with van der Waals surface area (Å²) in [5.41, 5.74) is 1.79. The topological polar surface area (TPSA) is 44.8 Å². The molecule has 1 aliphatic rings. The van der Waals surface area contributed by atoms with Crippen molar-refractivity contribution in [2.45, 2.75) is 12.5 Å². The van der Waals surface area contributed by atoms with Crippen molar-refractivity contribution in [1.29, 1.82) is 0 Å². The fourth-order valence-electron chi connectivity index (χ4n) is 2.64. The minimum absolute atomic E-state index is 0.126. The summed E-state index contributed by atoms with van der Waals surface area (Å²) in [6, 6.07) is 9.73. The molecule has 0 spiro atoms. The van der Waals surface area contributed by atoms with E-state index in [-0.39, 0.29) is 6.42 Å². The first-order chi connectivity index (χ1) is 10.6. The van der Waals surface area contributed by atoms with Crippen LogP contribution in [0.4, 0.5) is 4.39 Å². The Morgan fingerprint density at radius 3 is 2.45 bits per heavy atom. The van der Waals surface area contributed by atoms with Crippen LogP contribution in [0.2, 0.25) is 0 Å². The average Bonchev–Trinajstić information content (AvgIpc) is 2.53. The maximum atomic E-state index is 14.1. The van der Waals surface area contributed by atoms with E-state index >= 15 is 0 Å².